The number of hydrogen-bond donors (Lipinski definition) is 2. The fraction of sp³-hybridized carbons (Fsp3) is 0.600. The maximum Gasteiger partial charge on any atom is 0.241 e. The minimum absolute atomic E-state index is 0.0740. The zero-order valence-corrected chi connectivity index (χ0v) is 13.8. The van der Waals surface area contributed by atoms with Gasteiger partial charge < -0.3 is 5.73 Å². The Balaban J connectivity index is 2.35. The van der Waals surface area contributed by atoms with Crippen molar-refractivity contribution in [3.05, 3.63) is 23.0 Å². The molecule has 0 spiro atoms. The minimum Gasteiger partial charge on any atom is -0.396 e. The van der Waals surface area contributed by atoms with Crippen molar-refractivity contribution >= 4 is 15.7 Å². The molecule has 6 heteroatoms. The molecular weight excluding hydrogens is 291 g/mol. The van der Waals surface area contributed by atoms with E-state index in [2.05, 4.69) is 18.6 Å². The number of nitrogens with one attached hydrogen (secondary N) is 1. The van der Waals surface area contributed by atoms with Crippen molar-refractivity contribution in [3.63, 3.8) is 0 Å². The van der Waals surface area contributed by atoms with Crippen LogP contribution in [0.4, 0.5) is 10.1 Å². The zero-order chi connectivity index (χ0) is 16.0. The summed E-state index contributed by atoms with van der Waals surface area (Å²) < 4.78 is 41.6. The normalized spacial score (nSPS) is 21.7. The summed E-state index contributed by atoms with van der Waals surface area (Å²) in [5, 5.41) is 0. The molecule has 0 bridgehead atoms. The maximum atomic E-state index is 13.6. The zero-order valence-electron chi connectivity index (χ0n) is 13.0. The molecular formula is C15H23FN2O2S. The van der Waals surface area contributed by atoms with E-state index in [1.165, 1.54) is 6.07 Å². The summed E-state index contributed by atoms with van der Waals surface area (Å²) in [6.45, 7) is 7.39. The number of sulfonamides is 1. The molecule has 1 aromatic carbocycles. The van der Waals surface area contributed by atoms with Crippen molar-refractivity contribution in [2.24, 2.45) is 5.41 Å². The van der Waals surface area contributed by atoms with Crippen LogP contribution in [-0.4, -0.2) is 14.5 Å². The van der Waals surface area contributed by atoms with Gasteiger partial charge in [-0.1, -0.05) is 13.8 Å². The molecule has 1 fully saturated rings. The van der Waals surface area contributed by atoms with Crippen LogP contribution in [0, 0.1) is 25.1 Å². The lowest BCUT2D eigenvalue weighted by molar-refractivity contribution is 0.372. The maximum absolute atomic E-state index is 13.6. The fourth-order valence-corrected chi connectivity index (χ4v) is 4.91. The van der Waals surface area contributed by atoms with Crippen molar-refractivity contribution in [1.82, 2.24) is 4.72 Å². The second-order valence-electron chi connectivity index (χ2n) is 6.77. The number of hydrogen-bond acceptors (Lipinski definition) is 3. The van der Waals surface area contributed by atoms with Gasteiger partial charge in [0.1, 0.15) is 5.82 Å². The number of nitrogen functional groups attached to an aromatic ring is 1. The number of halogens is 1. The molecule has 1 unspecified atom stereocenters. The molecule has 0 amide bonds. The molecule has 1 aromatic rings. The highest BCUT2D eigenvalue weighted by Crippen LogP contribution is 2.38. The first-order valence-corrected chi connectivity index (χ1v) is 8.59. The van der Waals surface area contributed by atoms with E-state index in [1.54, 1.807) is 13.8 Å². The lowest BCUT2D eigenvalue weighted by atomic mass is 9.92. The van der Waals surface area contributed by atoms with Crippen LogP contribution < -0.4 is 10.5 Å². The summed E-state index contributed by atoms with van der Waals surface area (Å²) in [5.41, 5.74) is 6.33. The van der Waals surface area contributed by atoms with Crippen LogP contribution in [-0.2, 0) is 10.0 Å². The SMILES string of the molecule is Cc1cc(F)c(N)c(C)c1S(=O)(=O)NC1CCC(C)(C)C1. The van der Waals surface area contributed by atoms with E-state index >= 15 is 0 Å². The second kappa shape index (κ2) is 5.25. The monoisotopic (exact) mass is 314 g/mol. The summed E-state index contributed by atoms with van der Waals surface area (Å²) in [6.07, 6.45) is 2.62. The van der Waals surface area contributed by atoms with E-state index < -0.39 is 15.8 Å². The first-order chi connectivity index (χ1) is 9.53. The molecule has 0 aromatic heterocycles. The Bertz CT molecular complexity index is 669. The minimum atomic E-state index is -3.69. The summed E-state index contributed by atoms with van der Waals surface area (Å²) in [5.74, 6) is -0.578. The average molecular weight is 314 g/mol. The van der Waals surface area contributed by atoms with Gasteiger partial charge in [-0.3, -0.25) is 0 Å². The third-order valence-corrected chi connectivity index (χ3v) is 6.07. The van der Waals surface area contributed by atoms with Crippen LogP contribution >= 0.6 is 0 Å². The molecule has 1 saturated carbocycles. The van der Waals surface area contributed by atoms with Crippen LogP contribution in [0.15, 0.2) is 11.0 Å². The molecule has 3 N–H and O–H groups in total. The number of benzene rings is 1. The Morgan fingerprint density at radius 1 is 1.38 bits per heavy atom. The first-order valence-electron chi connectivity index (χ1n) is 7.11. The van der Waals surface area contributed by atoms with Crippen LogP contribution in [0.25, 0.3) is 0 Å². The Hall–Kier alpha value is -1.14. The molecule has 0 saturated heterocycles. The third kappa shape index (κ3) is 3.21. The molecule has 0 radical (unpaired) electrons. The van der Waals surface area contributed by atoms with E-state index in [0.717, 1.165) is 19.3 Å². The smallest absolute Gasteiger partial charge is 0.241 e. The Morgan fingerprint density at radius 3 is 2.52 bits per heavy atom. The van der Waals surface area contributed by atoms with Crippen molar-refractivity contribution in [2.75, 3.05) is 5.73 Å². The van der Waals surface area contributed by atoms with Gasteiger partial charge in [0.2, 0.25) is 10.0 Å². The number of aryl methyl sites for hydroxylation is 1. The largest absolute Gasteiger partial charge is 0.396 e. The van der Waals surface area contributed by atoms with Gasteiger partial charge in [0, 0.05) is 6.04 Å². The molecule has 0 aliphatic heterocycles. The predicted molar refractivity (Wildman–Crippen MR) is 82.0 cm³/mol. The summed E-state index contributed by atoms with van der Waals surface area (Å²) in [7, 11) is -3.69. The molecule has 118 valence electrons. The van der Waals surface area contributed by atoms with Gasteiger partial charge in [-0.25, -0.2) is 17.5 Å². The molecule has 1 atom stereocenters. The highest BCUT2D eigenvalue weighted by Gasteiger charge is 2.34. The predicted octanol–water partition coefficient (Wildman–Crippen LogP) is 2.88. The summed E-state index contributed by atoms with van der Waals surface area (Å²) in [6, 6.07) is 1.10. The van der Waals surface area contributed by atoms with Crippen molar-refractivity contribution < 1.29 is 12.8 Å². The van der Waals surface area contributed by atoms with E-state index in [-0.39, 0.29) is 27.6 Å². The molecule has 0 heterocycles. The lowest BCUT2D eigenvalue weighted by Gasteiger charge is -2.19. The van der Waals surface area contributed by atoms with Crippen molar-refractivity contribution in [1.29, 1.82) is 0 Å². The van der Waals surface area contributed by atoms with E-state index in [1.807, 2.05) is 0 Å². The Labute approximate surface area is 126 Å². The average Bonchev–Trinajstić information content (AvgIpc) is 2.64. The van der Waals surface area contributed by atoms with Crippen molar-refractivity contribution in [2.45, 2.75) is 57.9 Å². The van der Waals surface area contributed by atoms with Crippen molar-refractivity contribution in [3.8, 4) is 0 Å². The molecule has 1 aliphatic carbocycles. The third-order valence-electron chi connectivity index (χ3n) is 4.26. The number of rotatable bonds is 3. The number of anilines is 1. The quantitative estimate of drug-likeness (QED) is 0.843. The summed E-state index contributed by atoms with van der Waals surface area (Å²) >= 11 is 0. The van der Waals surface area contributed by atoms with Gasteiger partial charge >= 0.3 is 0 Å². The van der Waals surface area contributed by atoms with Gasteiger partial charge in [0.15, 0.2) is 0 Å². The molecule has 4 nitrogen and oxygen atoms in total. The van der Waals surface area contributed by atoms with E-state index in [0.29, 0.717) is 5.56 Å². The summed E-state index contributed by atoms with van der Waals surface area (Å²) in [4.78, 5) is 0.103. The van der Waals surface area contributed by atoms with E-state index in [9.17, 15) is 12.8 Å². The van der Waals surface area contributed by atoms with Crippen LogP contribution in [0.5, 0.6) is 0 Å². The first kappa shape index (κ1) is 16.2. The van der Waals surface area contributed by atoms with Crippen LogP contribution in [0.1, 0.15) is 44.2 Å². The highest BCUT2D eigenvalue weighted by molar-refractivity contribution is 7.89. The Morgan fingerprint density at radius 2 is 2.00 bits per heavy atom. The molecule has 2 rings (SSSR count). The van der Waals surface area contributed by atoms with Gasteiger partial charge in [0.05, 0.1) is 10.6 Å². The molecule has 1 aliphatic rings. The van der Waals surface area contributed by atoms with Gasteiger partial charge in [0.25, 0.3) is 0 Å². The van der Waals surface area contributed by atoms with E-state index in [4.69, 9.17) is 5.73 Å². The van der Waals surface area contributed by atoms with Crippen LogP contribution in [0.2, 0.25) is 0 Å². The lowest BCUT2D eigenvalue weighted by Crippen LogP contribution is -2.34. The Kier molecular flexibility index (Phi) is 4.06. The standard InChI is InChI=1S/C15H23FN2O2S/c1-9-7-12(16)13(17)10(2)14(9)21(19,20)18-11-5-6-15(3,4)8-11/h7,11,18H,5-6,8,17H2,1-4H3. The van der Waals surface area contributed by atoms with Gasteiger partial charge in [-0.2, -0.15) is 0 Å². The highest BCUT2D eigenvalue weighted by atomic mass is 32.2. The fourth-order valence-electron chi connectivity index (χ4n) is 3.16. The second-order valence-corrected chi connectivity index (χ2v) is 8.42. The van der Waals surface area contributed by atoms with Crippen LogP contribution in [0.3, 0.4) is 0 Å². The molecule has 21 heavy (non-hydrogen) atoms. The van der Waals surface area contributed by atoms with Gasteiger partial charge in [-0.05, 0) is 55.7 Å². The van der Waals surface area contributed by atoms with Gasteiger partial charge in [-0.15, -0.1) is 0 Å². The number of nitrogens with two attached hydrogens (primary N) is 1. The topological polar surface area (TPSA) is 72.2 Å².